The van der Waals surface area contributed by atoms with E-state index in [1.165, 1.54) is 12.8 Å². The summed E-state index contributed by atoms with van der Waals surface area (Å²) >= 11 is 0. The summed E-state index contributed by atoms with van der Waals surface area (Å²) in [6.07, 6.45) is 2.39. The van der Waals surface area contributed by atoms with E-state index in [9.17, 15) is 0 Å². The Labute approximate surface area is 129 Å². The zero-order chi connectivity index (χ0) is 14.9. The van der Waals surface area contributed by atoms with Crippen LogP contribution in [0.2, 0.25) is 0 Å². The highest BCUT2D eigenvalue weighted by Gasteiger charge is 2.26. The van der Waals surface area contributed by atoms with Crippen LogP contribution in [-0.2, 0) is 4.74 Å². The summed E-state index contributed by atoms with van der Waals surface area (Å²) in [4.78, 5) is 4.96. The van der Waals surface area contributed by atoms with Crippen molar-refractivity contribution in [3.63, 3.8) is 0 Å². The van der Waals surface area contributed by atoms with Crippen molar-refractivity contribution in [2.45, 2.75) is 25.8 Å². The Hall–Kier alpha value is -1.73. The van der Waals surface area contributed by atoms with Gasteiger partial charge in [-0.05, 0) is 31.9 Å². The molecule has 2 aliphatic heterocycles. The fourth-order valence-electron chi connectivity index (χ4n) is 3.46. The van der Waals surface area contributed by atoms with Crippen LogP contribution in [0.15, 0.2) is 12.1 Å². The van der Waals surface area contributed by atoms with Crippen molar-refractivity contribution in [2.75, 3.05) is 44.3 Å². The van der Waals surface area contributed by atoms with Gasteiger partial charge in [0.05, 0.1) is 13.2 Å². The summed E-state index contributed by atoms with van der Waals surface area (Å²) in [7, 11) is 0. The Morgan fingerprint density at radius 2 is 1.82 bits per heavy atom. The Balaban J connectivity index is 1.44. The number of hydrogen-bond acceptors (Lipinski definition) is 6. The molecule has 22 heavy (non-hydrogen) atoms. The number of aromatic nitrogens is 4. The molecule has 0 bridgehead atoms. The van der Waals surface area contributed by atoms with E-state index in [-0.39, 0.29) is 0 Å². The smallest absolute Gasteiger partial charge is 0.178 e. The molecule has 4 rings (SSSR count). The van der Waals surface area contributed by atoms with Gasteiger partial charge in [0.15, 0.2) is 11.5 Å². The number of hydrogen-bond donors (Lipinski definition) is 0. The minimum Gasteiger partial charge on any atom is -0.379 e. The first-order chi connectivity index (χ1) is 10.8. The average molecular weight is 302 g/mol. The molecule has 0 atom stereocenters. The lowest BCUT2D eigenvalue weighted by molar-refractivity contribution is 0.0114. The molecule has 0 unspecified atom stereocenters. The Bertz CT molecular complexity index is 643. The quantitative estimate of drug-likeness (QED) is 0.815. The standard InChI is InChI=1S/C15H22N6O/c1-12-16-17-14-2-3-15(18-21(12)14)20-6-4-13(5-7-20)19-8-10-22-11-9-19/h2-3,13H,4-11H2,1H3. The third kappa shape index (κ3) is 2.55. The molecule has 2 aromatic heterocycles. The summed E-state index contributed by atoms with van der Waals surface area (Å²) in [6, 6.07) is 4.75. The number of nitrogens with zero attached hydrogens (tertiary/aromatic N) is 6. The van der Waals surface area contributed by atoms with Crippen LogP contribution in [0.3, 0.4) is 0 Å². The second-order valence-electron chi connectivity index (χ2n) is 6.08. The number of piperidine rings is 1. The predicted octanol–water partition coefficient (Wildman–Crippen LogP) is 0.734. The van der Waals surface area contributed by atoms with Crippen LogP contribution >= 0.6 is 0 Å². The first-order valence-electron chi connectivity index (χ1n) is 8.07. The molecule has 0 aromatic carbocycles. The molecule has 0 amide bonds. The van der Waals surface area contributed by atoms with Crippen molar-refractivity contribution in [3.05, 3.63) is 18.0 Å². The van der Waals surface area contributed by atoms with Crippen LogP contribution in [0.4, 0.5) is 5.82 Å². The van der Waals surface area contributed by atoms with E-state index in [2.05, 4.69) is 31.2 Å². The molecule has 2 aromatic rings. The van der Waals surface area contributed by atoms with E-state index in [0.717, 1.165) is 56.7 Å². The maximum atomic E-state index is 5.45. The van der Waals surface area contributed by atoms with Gasteiger partial charge >= 0.3 is 0 Å². The summed E-state index contributed by atoms with van der Waals surface area (Å²) in [5.74, 6) is 1.86. The highest BCUT2D eigenvalue weighted by molar-refractivity contribution is 5.46. The molecule has 0 radical (unpaired) electrons. The van der Waals surface area contributed by atoms with Gasteiger partial charge < -0.3 is 9.64 Å². The maximum absolute atomic E-state index is 5.45. The lowest BCUT2D eigenvalue weighted by Crippen LogP contribution is -2.49. The summed E-state index contributed by atoms with van der Waals surface area (Å²) in [6.45, 7) is 7.96. The zero-order valence-corrected chi connectivity index (χ0v) is 13.0. The molecule has 0 spiro atoms. The summed E-state index contributed by atoms with van der Waals surface area (Å²) < 4.78 is 7.27. The largest absolute Gasteiger partial charge is 0.379 e. The molecular weight excluding hydrogens is 280 g/mol. The van der Waals surface area contributed by atoms with E-state index in [0.29, 0.717) is 6.04 Å². The van der Waals surface area contributed by atoms with E-state index in [1.54, 1.807) is 0 Å². The Kier molecular flexibility index (Phi) is 3.67. The van der Waals surface area contributed by atoms with Crippen LogP contribution in [-0.4, -0.2) is 70.1 Å². The van der Waals surface area contributed by atoms with Crippen LogP contribution in [0.5, 0.6) is 0 Å². The van der Waals surface area contributed by atoms with E-state index >= 15 is 0 Å². The minimum absolute atomic E-state index is 0.695. The highest BCUT2D eigenvalue weighted by Crippen LogP contribution is 2.22. The van der Waals surface area contributed by atoms with Gasteiger partial charge in [-0.25, -0.2) is 0 Å². The summed E-state index contributed by atoms with van der Waals surface area (Å²) in [5, 5.41) is 12.8. The zero-order valence-electron chi connectivity index (χ0n) is 13.0. The fourth-order valence-corrected chi connectivity index (χ4v) is 3.46. The van der Waals surface area contributed by atoms with Crippen molar-refractivity contribution in [1.82, 2.24) is 24.7 Å². The van der Waals surface area contributed by atoms with E-state index < -0.39 is 0 Å². The van der Waals surface area contributed by atoms with Crippen molar-refractivity contribution >= 4 is 11.5 Å². The lowest BCUT2D eigenvalue weighted by atomic mass is 10.0. The van der Waals surface area contributed by atoms with E-state index in [1.807, 2.05) is 17.5 Å². The molecule has 2 aliphatic rings. The molecule has 2 saturated heterocycles. The molecule has 2 fully saturated rings. The molecule has 7 heteroatoms. The number of fused-ring (bicyclic) bond motifs is 1. The fraction of sp³-hybridized carbons (Fsp3) is 0.667. The third-order valence-corrected chi connectivity index (χ3v) is 4.76. The number of ether oxygens (including phenoxy) is 1. The van der Waals surface area contributed by atoms with Crippen LogP contribution in [0, 0.1) is 6.92 Å². The van der Waals surface area contributed by atoms with Gasteiger partial charge in [0, 0.05) is 32.2 Å². The van der Waals surface area contributed by atoms with Crippen LogP contribution in [0.25, 0.3) is 5.65 Å². The molecule has 7 nitrogen and oxygen atoms in total. The first-order valence-corrected chi connectivity index (χ1v) is 8.07. The monoisotopic (exact) mass is 302 g/mol. The second-order valence-corrected chi connectivity index (χ2v) is 6.08. The van der Waals surface area contributed by atoms with Crippen molar-refractivity contribution in [2.24, 2.45) is 0 Å². The van der Waals surface area contributed by atoms with Gasteiger partial charge in [-0.3, -0.25) is 4.90 Å². The molecular formula is C15H22N6O. The molecule has 0 N–H and O–H groups in total. The SMILES string of the molecule is Cc1nnc2ccc(N3CCC(N4CCOCC4)CC3)nn12. The topological polar surface area (TPSA) is 58.8 Å². The van der Waals surface area contributed by atoms with Gasteiger partial charge in [0.25, 0.3) is 0 Å². The number of rotatable bonds is 2. The summed E-state index contributed by atoms with van der Waals surface area (Å²) in [5.41, 5.74) is 0.810. The minimum atomic E-state index is 0.695. The Morgan fingerprint density at radius 1 is 1.05 bits per heavy atom. The maximum Gasteiger partial charge on any atom is 0.178 e. The lowest BCUT2D eigenvalue weighted by Gasteiger charge is -2.40. The van der Waals surface area contributed by atoms with Gasteiger partial charge in [-0.15, -0.1) is 15.3 Å². The highest BCUT2D eigenvalue weighted by atomic mass is 16.5. The van der Waals surface area contributed by atoms with Crippen LogP contribution < -0.4 is 4.90 Å². The van der Waals surface area contributed by atoms with Crippen molar-refractivity contribution in [3.8, 4) is 0 Å². The predicted molar refractivity (Wildman–Crippen MR) is 83.1 cm³/mol. The second kappa shape index (κ2) is 5.81. The van der Waals surface area contributed by atoms with Gasteiger partial charge in [-0.2, -0.15) is 4.52 Å². The third-order valence-electron chi connectivity index (χ3n) is 4.76. The van der Waals surface area contributed by atoms with Crippen LogP contribution in [0.1, 0.15) is 18.7 Å². The average Bonchev–Trinajstić information content (AvgIpc) is 2.96. The Morgan fingerprint density at radius 3 is 2.59 bits per heavy atom. The molecule has 4 heterocycles. The van der Waals surface area contributed by atoms with Gasteiger partial charge in [-0.1, -0.05) is 0 Å². The molecule has 118 valence electrons. The molecule has 0 aliphatic carbocycles. The van der Waals surface area contributed by atoms with Gasteiger partial charge in [0.1, 0.15) is 5.82 Å². The number of anilines is 1. The number of morpholine rings is 1. The van der Waals surface area contributed by atoms with Gasteiger partial charge in [0.2, 0.25) is 0 Å². The first kappa shape index (κ1) is 13.9. The number of aryl methyl sites for hydroxylation is 1. The van der Waals surface area contributed by atoms with Crippen molar-refractivity contribution < 1.29 is 4.74 Å². The van der Waals surface area contributed by atoms with Crippen molar-refractivity contribution in [1.29, 1.82) is 0 Å². The van der Waals surface area contributed by atoms with E-state index in [4.69, 9.17) is 4.74 Å². The molecule has 0 saturated carbocycles. The normalized spacial score (nSPS) is 21.6.